The average molecular weight is 463 g/mol. The molecule has 5 rings (SSSR count). The topological polar surface area (TPSA) is 82.1 Å². The number of hydrogen-bond acceptors (Lipinski definition) is 7. The molecule has 2 saturated heterocycles. The minimum absolute atomic E-state index is 0.0284. The van der Waals surface area contributed by atoms with Crippen molar-refractivity contribution < 1.29 is 13.2 Å². The van der Waals surface area contributed by atoms with Gasteiger partial charge in [-0.25, -0.2) is 8.42 Å². The summed E-state index contributed by atoms with van der Waals surface area (Å²) in [5.74, 6) is 0.456. The van der Waals surface area contributed by atoms with E-state index < -0.39 is 9.84 Å². The minimum atomic E-state index is -2.94. The van der Waals surface area contributed by atoms with Crippen molar-refractivity contribution in [1.29, 1.82) is 0 Å². The molecule has 0 bridgehead atoms. The summed E-state index contributed by atoms with van der Waals surface area (Å²) in [6, 6.07) is 8.12. The number of amides is 1. The fraction of sp³-hybridized carbons (Fsp3) is 0.636. The van der Waals surface area contributed by atoms with E-state index in [9.17, 15) is 13.2 Å². The van der Waals surface area contributed by atoms with Crippen LogP contribution in [-0.2, 0) is 9.84 Å². The maximum Gasteiger partial charge on any atom is 0.253 e. The molecule has 3 fully saturated rings. The number of hydrogen-bond donors (Lipinski definition) is 1. The summed E-state index contributed by atoms with van der Waals surface area (Å²) in [7, 11) is -2.94. The molecule has 1 N–H and O–H groups in total. The lowest BCUT2D eigenvalue weighted by Gasteiger charge is -2.40. The van der Waals surface area contributed by atoms with E-state index >= 15 is 0 Å². The van der Waals surface area contributed by atoms with Gasteiger partial charge in [-0.05, 0) is 37.1 Å². The second-order valence-corrected chi connectivity index (χ2v) is 12.4. The smallest absolute Gasteiger partial charge is 0.253 e. The molecule has 2 atom stereocenters. The van der Waals surface area contributed by atoms with E-state index in [1.54, 1.807) is 0 Å². The van der Waals surface area contributed by atoms with Crippen LogP contribution in [0.2, 0.25) is 0 Å². The summed E-state index contributed by atoms with van der Waals surface area (Å²) in [5, 5.41) is 4.07. The number of amidine groups is 1. The Bertz CT molecular complexity index is 949. The molecule has 1 aromatic carbocycles. The highest BCUT2D eigenvalue weighted by molar-refractivity contribution is 8.15. The van der Waals surface area contributed by atoms with Crippen LogP contribution in [0.25, 0.3) is 0 Å². The maximum absolute atomic E-state index is 12.9. The van der Waals surface area contributed by atoms with Crippen LogP contribution in [0.5, 0.6) is 0 Å². The van der Waals surface area contributed by atoms with Gasteiger partial charge in [0.15, 0.2) is 15.0 Å². The first-order valence-corrected chi connectivity index (χ1v) is 14.0. The zero-order valence-corrected chi connectivity index (χ0v) is 19.3. The molecule has 1 aromatic rings. The molecular weight excluding hydrogens is 432 g/mol. The number of carbonyl (C=O) groups is 1. The Morgan fingerprint density at radius 2 is 1.71 bits per heavy atom. The molecule has 4 aliphatic rings. The third-order valence-electron chi connectivity index (χ3n) is 6.89. The van der Waals surface area contributed by atoms with Gasteiger partial charge in [0, 0.05) is 48.7 Å². The number of anilines is 1. The largest absolute Gasteiger partial charge is 0.336 e. The third kappa shape index (κ3) is 4.78. The molecule has 1 aliphatic carbocycles. The van der Waals surface area contributed by atoms with Crippen molar-refractivity contribution in [2.24, 2.45) is 4.99 Å². The quantitative estimate of drug-likeness (QED) is 0.743. The van der Waals surface area contributed by atoms with Crippen LogP contribution in [0.4, 0.5) is 5.69 Å². The van der Waals surface area contributed by atoms with Gasteiger partial charge in [0.2, 0.25) is 0 Å². The number of aliphatic imine (C=N–C) groups is 1. The number of thioether (sulfide) groups is 1. The number of fused-ring (bicyclic) bond motifs is 1. The molecule has 7 nitrogen and oxygen atoms in total. The predicted octanol–water partition coefficient (Wildman–Crippen LogP) is 2.46. The Hall–Kier alpha value is -1.58. The summed E-state index contributed by atoms with van der Waals surface area (Å²) in [5.41, 5.74) is 1.58. The van der Waals surface area contributed by atoms with E-state index in [1.165, 1.54) is 43.9 Å². The van der Waals surface area contributed by atoms with Crippen LogP contribution >= 0.6 is 11.8 Å². The van der Waals surface area contributed by atoms with Gasteiger partial charge in [-0.1, -0.05) is 31.0 Å². The van der Waals surface area contributed by atoms with Crippen molar-refractivity contribution in [3.05, 3.63) is 29.8 Å². The van der Waals surface area contributed by atoms with Gasteiger partial charge in [0.25, 0.3) is 5.91 Å². The monoisotopic (exact) mass is 462 g/mol. The molecule has 1 amide bonds. The zero-order chi connectivity index (χ0) is 21.4. The molecule has 9 heteroatoms. The number of piperazine rings is 1. The van der Waals surface area contributed by atoms with E-state index in [-0.39, 0.29) is 28.7 Å². The standard InChI is InChI=1S/C22H30N4O3S2/c27-21(26-12-10-25(11-13-26)18-4-2-1-3-5-18)16-6-8-17(9-7-16)23-22-24-19-14-31(28,29)15-20(19)30-22/h6-9,18-20H,1-5,10-15H2,(H,23,24). The first-order valence-electron chi connectivity index (χ1n) is 11.3. The fourth-order valence-corrected chi connectivity index (χ4v) is 8.83. The van der Waals surface area contributed by atoms with Crippen LogP contribution in [0, 0.1) is 0 Å². The van der Waals surface area contributed by atoms with Crippen molar-refractivity contribution >= 4 is 38.4 Å². The molecule has 168 valence electrons. The lowest BCUT2D eigenvalue weighted by atomic mass is 9.94. The fourth-order valence-electron chi connectivity index (χ4n) is 5.15. The second kappa shape index (κ2) is 8.75. The highest BCUT2D eigenvalue weighted by Gasteiger charge is 2.42. The van der Waals surface area contributed by atoms with Crippen LogP contribution in [-0.4, -0.2) is 84.3 Å². The van der Waals surface area contributed by atoms with Crippen LogP contribution < -0.4 is 5.32 Å². The third-order valence-corrected chi connectivity index (χ3v) is 10.0. The van der Waals surface area contributed by atoms with Gasteiger partial charge >= 0.3 is 0 Å². The Morgan fingerprint density at radius 1 is 1.00 bits per heavy atom. The lowest BCUT2D eigenvalue weighted by Crippen LogP contribution is -2.52. The normalized spacial score (nSPS) is 28.9. The number of sulfone groups is 1. The Balaban J connectivity index is 1.14. The van der Waals surface area contributed by atoms with E-state index in [4.69, 9.17) is 0 Å². The highest BCUT2D eigenvalue weighted by atomic mass is 32.2. The minimum Gasteiger partial charge on any atom is -0.336 e. The Kier molecular flexibility index (Phi) is 6.00. The number of carbonyl (C=O) groups excluding carboxylic acids is 1. The predicted molar refractivity (Wildman–Crippen MR) is 126 cm³/mol. The van der Waals surface area contributed by atoms with Crippen molar-refractivity contribution in [2.75, 3.05) is 43.0 Å². The lowest BCUT2D eigenvalue weighted by molar-refractivity contribution is 0.0523. The summed E-state index contributed by atoms with van der Waals surface area (Å²) >= 11 is 1.50. The van der Waals surface area contributed by atoms with Crippen molar-refractivity contribution in [3.8, 4) is 0 Å². The highest BCUT2D eigenvalue weighted by Crippen LogP contribution is 2.34. The van der Waals surface area contributed by atoms with Crippen LogP contribution in [0.15, 0.2) is 29.3 Å². The second-order valence-electron chi connectivity index (χ2n) is 9.06. The van der Waals surface area contributed by atoms with E-state index in [1.807, 2.05) is 29.2 Å². The molecule has 2 unspecified atom stereocenters. The molecule has 0 aromatic heterocycles. The molecule has 0 radical (unpaired) electrons. The van der Waals surface area contributed by atoms with Crippen LogP contribution in [0.3, 0.4) is 0 Å². The number of benzene rings is 1. The van der Waals surface area contributed by atoms with Gasteiger partial charge in [0.1, 0.15) is 0 Å². The zero-order valence-electron chi connectivity index (χ0n) is 17.7. The van der Waals surface area contributed by atoms with Crippen molar-refractivity contribution in [3.63, 3.8) is 0 Å². The first-order chi connectivity index (χ1) is 15.0. The number of rotatable bonds is 3. The van der Waals surface area contributed by atoms with Gasteiger partial charge < -0.3 is 10.2 Å². The van der Waals surface area contributed by atoms with E-state index in [0.717, 1.165) is 37.0 Å². The van der Waals surface area contributed by atoms with Crippen LogP contribution in [0.1, 0.15) is 42.5 Å². The SMILES string of the molecule is O=C(c1ccc(NC2=NC3CS(=O)(=O)CC3S2)cc1)N1CCN(C2CCCCC2)CC1. The van der Waals surface area contributed by atoms with Gasteiger partial charge in [-0.2, -0.15) is 0 Å². The van der Waals surface area contributed by atoms with Gasteiger partial charge in [-0.15, -0.1) is 0 Å². The van der Waals surface area contributed by atoms with E-state index in [2.05, 4.69) is 15.2 Å². The summed E-state index contributed by atoms with van der Waals surface area (Å²) in [6.07, 6.45) is 6.67. The molecule has 0 spiro atoms. The summed E-state index contributed by atoms with van der Waals surface area (Å²) < 4.78 is 23.4. The molecule has 3 aliphatic heterocycles. The van der Waals surface area contributed by atoms with Crippen molar-refractivity contribution in [2.45, 2.75) is 49.4 Å². The number of nitrogens with zero attached hydrogens (tertiary/aromatic N) is 3. The molecule has 31 heavy (non-hydrogen) atoms. The molecule has 1 saturated carbocycles. The Morgan fingerprint density at radius 3 is 2.39 bits per heavy atom. The van der Waals surface area contributed by atoms with Gasteiger partial charge in [0.05, 0.1) is 17.5 Å². The van der Waals surface area contributed by atoms with Crippen molar-refractivity contribution in [1.82, 2.24) is 9.80 Å². The summed E-state index contributed by atoms with van der Waals surface area (Å²) in [4.78, 5) is 22.0. The first kappa shape index (κ1) is 21.3. The Labute approximate surface area is 188 Å². The maximum atomic E-state index is 12.9. The summed E-state index contributed by atoms with van der Waals surface area (Å²) in [6.45, 7) is 3.55. The molecule has 3 heterocycles. The number of nitrogens with one attached hydrogen (secondary N) is 1. The molecular formula is C22H30N4O3S2. The van der Waals surface area contributed by atoms with E-state index in [0.29, 0.717) is 11.6 Å². The van der Waals surface area contributed by atoms with Gasteiger partial charge in [-0.3, -0.25) is 14.7 Å². The average Bonchev–Trinajstić information content (AvgIpc) is 3.27.